The Morgan fingerprint density at radius 2 is 1.70 bits per heavy atom. The molecule has 2 rings (SSSR count). The van der Waals surface area contributed by atoms with Gasteiger partial charge in [-0.2, -0.15) is 0 Å². The molecule has 3 nitrogen and oxygen atoms in total. The summed E-state index contributed by atoms with van der Waals surface area (Å²) in [5.74, 6) is -4.56. The Labute approximate surface area is 112 Å². The molecule has 0 amide bonds. The summed E-state index contributed by atoms with van der Waals surface area (Å²) in [6, 6.07) is 5.37. The summed E-state index contributed by atoms with van der Waals surface area (Å²) in [5.41, 5.74) is -0.0219. The Kier molecular flexibility index (Phi) is 3.65. The maximum atomic E-state index is 13.5. The van der Waals surface area contributed by atoms with Crippen LogP contribution >= 0.6 is 0 Å². The Morgan fingerprint density at radius 3 is 2.25 bits per heavy atom. The monoisotopic (exact) mass is 281 g/mol. The van der Waals surface area contributed by atoms with Crippen LogP contribution in [0.1, 0.15) is 15.9 Å². The van der Waals surface area contributed by atoms with E-state index in [-0.39, 0.29) is 11.3 Å². The van der Waals surface area contributed by atoms with Gasteiger partial charge >= 0.3 is 5.97 Å². The normalized spacial score (nSPS) is 10.4. The Hall–Kier alpha value is -2.50. The van der Waals surface area contributed by atoms with Crippen molar-refractivity contribution in [2.24, 2.45) is 0 Å². The number of halogens is 3. The van der Waals surface area contributed by atoms with Crippen LogP contribution in [0.4, 0.5) is 24.5 Å². The first kappa shape index (κ1) is 13.9. The van der Waals surface area contributed by atoms with Gasteiger partial charge in [0.15, 0.2) is 11.6 Å². The fourth-order valence-electron chi connectivity index (χ4n) is 1.74. The predicted octanol–water partition coefficient (Wildman–Crippen LogP) is 3.85. The van der Waals surface area contributed by atoms with Gasteiger partial charge in [0.25, 0.3) is 0 Å². The van der Waals surface area contributed by atoms with E-state index in [2.05, 4.69) is 5.32 Å². The van der Waals surface area contributed by atoms with Gasteiger partial charge in [-0.05, 0) is 19.1 Å². The molecule has 0 aliphatic rings. The number of benzene rings is 2. The van der Waals surface area contributed by atoms with Crippen molar-refractivity contribution in [3.05, 3.63) is 58.9 Å². The van der Waals surface area contributed by atoms with Gasteiger partial charge in [0.1, 0.15) is 11.5 Å². The van der Waals surface area contributed by atoms with E-state index in [4.69, 9.17) is 5.11 Å². The second-order valence-corrected chi connectivity index (χ2v) is 4.22. The molecule has 2 aromatic rings. The molecular weight excluding hydrogens is 271 g/mol. The molecule has 0 heterocycles. The standard InChI is InChI=1S/C14H10F3NO2/c1-7-2-3-12(9(4-7)14(19)20)18-13-10(16)5-8(15)6-11(13)17/h2-6,18H,1H3,(H,19,20). The molecule has 0 radical (unpaired) electrons. The van der Waals surface area contributed by atoms with Gasteiger partial charge in [0.2, 0.25) is 0 Å². The van der Waals surface area contributed by atoms with Crippen molar-refractivity contribution in [2.45, 2.75) is 6.92 Å². The molecule has 2 aromatic carbocycles. The number of hydrogen-bond donors (Lipinski definition) is 2. The zero-order valence-corrected chi connectivity index (χ0v) is 10.4. The van der Waals surface area contributed by atoms with E-state index in [1.165, 1.54) is 12.1 Å². The fourth-order valence-corrected chi connectivity index (χ4v) is 1.74. The van der Waals surface area contributed by atoms with Crippen LogP contribution in [-0.4, -0.2) is 11.1 Å². The molecule has 0 saturated heterocycles. The van der Waals surface area contributed by atoms with Crippen LogP contribution in [0, 0.1) is 24.4 Å². The van der Waals surface area contributed by atoms with Gasteiger partial charge in [-0.3, -0.25) is 0 Å². The Morgan fingerprint density at radius 1 is 1.10 bits per heavy atom. The van der Waals surface area contributed by atoms with E-state index >= 15 is 0 Å². The molecule has 0 saturated carbocycles. The molecule has 0 fully saturated rings. The van der Waals surface area contributed by atoms with E-state index < -0.39 is 29.1 Å². The number of hydrogen-bond acceptors (Lipinski definition) is 2. The summed E-state index contributed by atoms with van der Waals surface area (Å²) in [7, 11) is 0. The third kappa shape index (κ3) is 2.74. The number of rotatable bonds is 3. The molecule has 0 bridgehead atoms. The van der Waals surface area contributed by atoms with Crippen molar-refractivity contribution < 1.29 is 23.1 Å². The number of aryl methyl sites for hydroxylation is 1. The van der Waals surface area contributed by atoms with Crippen LogP contribution in [0.2, 0.25) is 0 Å². The van der Waals surface area contributed by atoms with Crippen LogP contribution in [0.25, 0.3) is 0 Å². The smallest absolute Gasteiger partial charge is 0.337 e. The van der Waals surface area contributed by atoms with Gasteiger partial charge in [-0.25, -0.2) is 18.0 Å². The highest BCUT2D eigenvalue weighted by molar-refractivity contribution is 5.95. The van der Waals surface area contributed by atoms with Crippen LogP contribution in [0.5, 0.6) is 0 Å². The zero-order valence-electron chi connectivity index (χ0n) is 10.4. The third-order valence-corrected chi connectivity index (χ3v) is 2.67. The minimum atomic E-state index is -1.24. The number of anilines is 2. The van der Waals surface area contributed by atoms with E-state index in [1.807, 2.05) is 0 Å². The number of nitrogens with one attached hydrogen (secondary N) is 1. The first-order chi connectivity index (χ1) is 9.38. The zero-order chi connectivity index (χ0) is 14.9. The highest BCUT2D eigenvalue weighted by Crippen LogP contribution is 2.27. The number of carbonyl (C=O) groups is 1. The maximum Gasteiger partial charge on any atom is 0.337 e. The van der Waals surface area contributed by atoms with E-state index in [1.54, 1.807) is 13.0 Å². The van der Waals surface area contributed by atoms with Crippen molar-refractivity contribution in [1.29, 1.82) is 0 Å². The van der Waals surface area contributed by atoms with E-state index in [0.29, 0.717) is 17.7 Å². The van der Waals surface area contributed by atoms with Crippen molar-refractivity contribution in [1.82, 2.24) is 0 Å². The fraction of sp³-hybridized carbons (Fsp3) is 0.0714. The molecule has 104 valence electrons. The van der Waals surface area contributed by atoms with Gasteiger partial charge in [-0.1, -0.05) is 11.6 Å². The summed E-state index contributed by atoms with van der Waals surface area (Å²) >= 11 is 0. The lowest BCUT2D eigenvalue weighted by Crippen LogP contribution is -2.05. The van der Waals surface area contributed by atoms with Crippen LogP contribution in [-0.2, 0) is 0 Å². The third-order valence-electron chi connectivity index (χ3n) is 2.67. The number of aromatic carboxylic acids is 1. The van der Waals surface area contributed by atoms with Crippen molar-refractivity contribution >= 4 is 17.3 Å². The molecule has 20 heavy (non-hydrogen) atoms. The lowest BCUT2D eigenvalue weighted by Gasteiger charge is -2.12. The number of carboxylic acid groups (broad SMARTS) is 1. The van der Waals surface area contributed by atoms with Crippen LogP contribution in [0.15, 0.2) is 30.3 Å². The second-order valence-electron chi connectivity index (χ2n) is 4.22. The van der Waals surface area contributed by atoms with Gasteiger partial charge in [-0.15, -0.1) is 0 Å². The van der Waals surface area contributed by atoms with Gasteiger partial charge in [0, 0.05) is 12.1 Å². The Bertz CT molecular complexity index is 663. The minimum absolute atomic E-state index is 0.0208. The lowest BCUT2D eigenvalue weighted by molar-refractivity contribution is 0.0698. The molecule has 0 aliphatic heterocycles. The Balaban J connectivity index is 2.48. The minimum Gasteiger partial charge on any atom is -0.478 e. The van der Waals surface area contributed by atoms with Gasteiger partial charge < -0.3 is 10.4 Å². The number of carboxylic acids is 1. The highest BCUT2D eigenvalue weighted by atomic mass is 19.1. The summed E-state index contributed by atoms with van der Waals surface area (Å²) in [5, 5.41) is 11.4. The SMILES string of the molecule is Cc1ccc(Nc2c(F)cc(F)cc2F)c(C(=O)O)c1. The first-order valence-electron chi connectivity index (χ1n) is 5.64. The average Bonchev–Trinajstić information content (AvgIpc) is 2.34. The average molecular weight is 281 g/mol. The van der Waals surface area contributed by atoms with Crippen molar-refractivity contribution in [3.8, 4) is 0 Å². The largest absolute Gasteiger partial charge is 0.478 e. The molecule has 0 aromatic heterocycles. The van der Waals surface area contributed by atoms with E-state index in [9.17, 15) is 18.0 Å². The first-order valence-corrected chi connectivity index (χ1v) is 5.64. The second kappa shape index (κ2) is 5.24. The van der Waals surface area contributed by atoms with E-state index in [0.717, 1.165) is 0 Å². The van der Waals surface area contributed by atoms with Gasteiger partial charge in [0.05, 0.1) is 11.3 Å². The lowest BCUT2D eigenvalue weighted by atomic mass is 10.1. The van der Waals surface area contributed by atoms with Crippen LogP contribution < -0.4 is 5.32 Å². The quantitative estimate of drug-likeness (QED) is 0.898. The van der Waals surface area contributed by atoms with Crippen LogP contribution in [0.3, 0.4) is 0 Å². The summed E-state index contributed by atoms with van der Waals surface area (Å²) in [4.78, 5) is 11.1. The topological polar surface area (TPSA) is 49.3 Å². The molecule has 2 N–H and O–H groups in total. The summed E-state index contributed by atoms with van der Waals surface area (Å²) in [6.45, 7) is 1.69. The summed E-state index contributed by atoms with van der Waals surface area (Å²) in [6.07, 6.45) is 0. The molecular formula is C14H10F3NO2. The molecule has 0 spiro atoms. The molecule has 6 heteroatoms. The summed E-state index contributed by atoms with van der Waals surface area (Å²) < 4.78 is 39.8. The highest BCUT2D eigenvalue weighted by Gasteiger charge is 2.16. The van der Waals surface area contributed by atoms with Crippen molar-refractivity contribution in [2.75, 3.05) is 5.32 Å². The van der Waals surface area contributed by atoms with Crippen molar-refractivity contribution in [3.63, 3.8) is 0 Å². The predicted molar refractivity (Wildman–Crippen MR) is 67.7 cm³/mol. The molecule has 0 atom stereocenters. The molecule has 0 aliphatic carbocycles. The maximum absolute atomic E-state index is 13.5. The molecule has 0 unspecified atom stereocenters.